The molecule has 2 aliphatic rings. The molecule has 0 spiro atoms. The number of piperidine rings is 1. The highest BCUT2D eigenvalue weighted by molar-refractivity contribution is 6.08. The molecule has 1 aromatic carbocycles. The fourth-order valence-corrected chi connectivity index (χ4v) is 4.32. The number of carbonyl (C=O) groups is 1. The van der Waals surface area contributed by atoms with Crippen LogP contribution in [-0.4, -0.2) is 46.5 Å². The number of likely N-dealkylation sites (tertiary alicyclic amines) is 1. The third kappa shape index (κ3) is 3.44. The van der Waals surface area contributed by atoms with Gasteiger partial charge in [-0.05, 0) is 45.4 Å². The normalized spacial score (nSPS) is 23.4. The molecule has 1 saturated heterocycles. The van der Waals surface area contributed by atoms with E-state index in [2.05, 4.69) is 30.8 Å². The third-order valence-corrected chi connectivity index (χ3v) is 5.85. The summed E-state index contributed by atoms with van der Waals surface area (Å²) >= 11 is 0. The summed E-state index contributed by atoms with van der Waals surface area (Å²) in [5.41, 5.74) is 1.68. The van der Waals surface area contributed by atoms with Gasteiger partial charge < -0.3 is 16.0 Å². The molecule has 2 aromatic rings. The number of aromatic nitrogens is 2. The van der Waals surface area contributed by atoms with E-state index < -0.39 is 5.54 Å². The number of nitriles is 1. The van der Waals surface area contributed by atoms with E-state index >= 15 is 0 Å². The van der Waals surface area contributed by atoms with Crippen molar-refractivity contribution in [2.24, 2.45) is 0 Å². The van der Waals surface area contributed by atoms with Gasteiger partial charge in [0.15, 0.2) is 0 Å². The number of nitrogens with zero attached hydrogens (tertiary/aromatic N) is 4. The van der Waals surface area contributed by atoms with E-state index in [9.17, 15) is 9.18 Å². The van der Waals surface area contributed by atoms with Crippen LogP contribution in [-0.2, 0) is 10.3 Å². The van der Waals surface area contributed by atoms with Crippen LogP contribution in [0.1, 0.15) is 38.1 Å². The summed E-state index contributed by atoms with van der Waals surface area (Å²) in [4.78, 5) is 23.2. The molecule has 0 saturated carbocycles. The molecular formula is C21H24FN7O. The van der Waals surface area contributed by atoms with Gasteiger partial charge in [0.25, 0.3) is 0 Å². The van der Waals surface area contributed by atoms with E-state index in [1.165, 1.54) is 12.1 Å². The first kappa shape index (κ1) is 20.0. The minimum Gasteiger partial charge on any atom is -0.384 e. The van der Waals surface area contributed by atoms with Gasteiger partial charge in [-0.25, -0.2) is 14.4 Å². The number of benzene rings is 1. The Bertz CT molecular complexity index is 1000. The average molecular weight is 409 g/mol. The van der Waals surface area contributed by atoms with Gasteiger partial charge in [0.05, 0.1) is 29.5 Å². The lowest BCUT2D eigenvalue weighted by Gasteiger charge is -2.42. The van der Waals surface area contributed by atoms with Gasteiger partial charge in [-0.15, -0.1) is 0 Å². The topological polar surface area (TPSA) is 106 Å². The van der Waals surface area contributed by atoms with Crippen LogP contribution in [0.5, 0.6) is 0 Å². The summed E-state index contributed by atoms with van der Waals surface area (Å²) in [5.74, 6) is -0.394. The number of anilines is 3. The maximum atomic E-state index is 14.4. The van der Waals surface area contributed by atoms with Crippen molar-refractivity contribution in [3.05, 3.63) is 41.7 Å². The lowest BCUT2D eigenvalue weighted by Crippen LogP contribution is -2.55. The summed E-state index contributed by atoms with van der Waals surface area (Å²) in [6.07, 6.45) is 4.99. The first-order chi connectivity index (χ1) is 14.5. The largest absolute Gasteiger partial charge is 0.384 e. The highest BCUT2D eigenvalue weighted by atomic mass is 19.1. The van der Waals surface area contributed by atoms with E-state index in [1.807, 2.05) is 19.9 Å². The van der Waals surface area contributed by atoms with Crippen LogP contribution in [0.25, 0.3) is 0 Å². The van der Waals surface area contributed by atoms with Crippen LogP contribution >= 0.6 is 0 Å². The van der Waals surface area contributed by atoms with Gasteiger partial charge in [0, 0.05) is 24.7 Å². The molecule has 1 amide bonds. The van der Waals surface area contributed by atoms with Crippen molar-refractivity contribution in [1.29, 1.82) is 5.26 Å². The Kier molecular flexibility index (Phi) is 5.26. The molecule has 3 heterocycles. The highest BCUT2D eigenvalue weighted by Crippen LogP contribution is 2.45. The predicted octanol–water partition coefficient (Wildman–Crippen LogP) is 2.66. The van der Waals surface area contributed by atoms with Gasteiger partial charge in [-0.1, -0.05) is 0 Å². The number of nitrogens with one attached hydrogen (secondary N) is 3. The lowest BCUT2D eigenvalue weighted by atomic mass is 9.88. The van der Waals surface area contributed by atoms with Crippen molar-refractivity contribution in [2.45, 2.75) is 38.3 Å². The van der Waals surface area contributed by atoms with Gasteiger partial charge in [-0.3, -0.25) is 9.69 Å². The Morgan fingerprint density at radius 2 is 2.17 bits per heavy atom. The Morgan fingerprint density at radius 1 is 1.40 bits per heavy atom. The van der Waals surface area contributed by atoms with Crippen LogP contribution in [0.15, 0.2) is 24.5 Å². The van der Waals surface area contributed by atoms with Crippen LogP contribution in [0.4, 0.5) is 21.5 Å². The Labute approximate surface area is 174 Å². The predicted molar refractivity (Wildman–Crippen MR) is 112 cm³/mol. The third-order valence-electron chi connectivity index (χ3n) is 5.85. The fourth-order valence-electron chi connectivity index (χ4n) is 4.32. The zero-order valence-electron chi connectivity index (χ0n) is 17.0. The van der Waals surface area contributed by atoms with Crippen LogP contribution in [0.2, 0.25) is 0 Å². The number of hydrogen-bond donors (Lipinski definition) is 3. The summed E-state index contributed by atoms with van der Waals surface area (Å²) in [5, 5.41) is 18.3. The average Bonchev–Trinajstić information content (AvgIpc) is 3.01. The lowest BCUT2D eigenvalue weighted by molar-refractivity contribution is -0.127. The van der Waals surface area contributed by atoms with Crippen LogP contribution in [0.3, 0.4) is 0 Å². The molecule has 0 aliphatic carbocycles. The van der Waals surface area contributed by atoms with Crippen LogP contribution < -0.4 is 16.0 Å². The quantitative estimate of drug-likeness (QED) is 0.697. The van der Waals surface area contributed by atoms with E-state index in [0.29, 0.717) is 30.0 Å². The number of halogens is 1. The summed E-state index contributed by atoms with van der Waals surface area (Å²) in [6.45, 7) is 5.76. The smallest absolute Gasteiger partial charge is 0.249 e. The van der Waals surface area contributed by atoms with Crippen molar-refractivity contribution in [3.63, 3.8) is 0 Å². The second kappa shape index (κ2) is 7.88. The minimum atomic E-state index is -0.955. The maximum Gasteiger partial charge on any atom is 0.249 e. The van der Waals surface area contributed by atoms with Gasteiger partial charge in [0.1, 0.15) is 17.4 Å². The fraction of sp³-hybridized carbons (Fsp3) is 0.429. The Morgan fingerprint density at radius 3 is 2.87 bits per heavy atom. The summed E-state index contributed by atoms with van der Waals surface area (Å²) in [6, 6.07) is 4.85. The molecular weight excluding hydrogens is 385 g/mol. The number of rotatable bonds is 5. The Hall–Kier alpha value is -3.25. The molecule has 3 N–H and O–H groups in total. The standard InChI is InChI=1S/C21H24FN7O/c1-3-24-17-8-13(22)7-16-19(17)28-20(30)21(16,2)29-6-4-5-14(12-29)27-15-10-25-18(9-23)26-11-15/h7-8,10-11,14,24,27H,3-6,12H2,1-2H3,(H,28,30)/t14?,21-/m1/s1. The highest BCUT2D eigenvalue weighted by Gasteiger charge is 2.49. The monoisotopic (exact) mass is 409 g/mol. The molecule has 1 fully saturated rings. The molecule has 4 rings (SSSR count). The second-order valence-corrected chi connectivity index (χ2v) is 7.77. The van der Waals surface area contributed by atoms with E-state index in [1.54, 1.807) is 12.4 Å². The minimum absolute atomic E-state index is 0.0748. The van der Waals surface area contributed by atoms with Crippen LogP contribution in [0, 0.1) is 17.1 Å². The zero-order chi connectivity index (χ0) is 21.3. The number of carbonyl (C=O) groups excluding carboxylic acids is 1. The molecule has 0 bridgehead atoms. The number of hydrogen-bond acceptors (Lipinski definition) is 7. The van der Waals surface area contributed by atoms with Crippen molar-refractivity contribution in [1.82, 2.24) is 14.9 Å². The first-order valence-corrected chi connectivity index (χ1v) is 10.1. The van der Waals surface area contributed by atoms with Gasteiger partial charge in [0.2, 0.25) is 11.7 Å². The molecule has 9 heteroatoms. The SMILES string of the molecule is CCNc1cc(F)cc2c1NC(=O)[C@]2(C)N1CCCC(Nc2cnc(C#N)nc2)C1. The molecule has 1 unspecified atom stereocenters. The molecule has 30 heavy (non-hydrogen) atoms. The molecule has 156 valence electrons. The van der Waals surface area contributed by atoms with Crippen molar-refractivity contribution in [3.8, 4) is 6.07 Å². The van der Waals surface area contributed by atoms with Gasteiger partial charge in [-0.2, -0.15) is 5.26 Å². The second-order valence-electron chi connectivity index (χ2n) is 7.77. The van der Waals surface area contributed by atoms with E-state index in [0.717, 1.165) is 25.1 Å². The summed E-state index contributed by atoms with van der Waals surface area (Å²) in [7, 11) is 0. The van der Waals surface area contributed by atoms with Crippen molar-refractivity contribution >= 4 is 23.0 Å². The van der Waals surface area contributed by atoms with E-state index in [-0.39, 0.29) is 23.6 Å². The first-order valence-electron chi connectivity index (χ1n) is 10.1. The molecule has 8 nitrogen and oxygen atoms in total. The summed E-state index contributed by atoms with van der Waals surface area (Å²) < 4.78 is 14.4. The zero-order valence-corrected chi connectivity index (χ0v) is 17.0. The molecule has 1 aromatic heterocycles. The maximum absolute atomic E-state index is 14.4. The number of fused-ring (bicyclic) bond motifs is 1. The Balaban J connectivity index is 1.59. The molecule has 2 atom stereocenters. The molecule has 2 aliphatic heterocycles. The van der Waals surface area contributed by atoms with Crippen molar-refractivity contribution in [2.75, 3.05) is 35.6 Å². The van der Waals surface area contributed by atoms with Crippen molar-refractivity contribution < 1.29 is 9.18 Å². The number of amides is 1. The molecule has 0 radical (unpaired) electrons. The van der Waals surface area contributed by atoms with E-state index in [4.69, 9.17) is 5.26 Å². The van der Waals surface area contributed by atoms with Gasteiger partial charge >= 0.3 is 0 Å².